The molecule has 1 aliphatic rings. The Balaban J connectivity index is 1.82. The number of halogens is 1. The third-order valence-corrected chi connectivity index (χ3v) is 6.32. The molecule has 34 heavy (non-hydrogen) atoms. The predicted octanol–water partition coefficient (Wildman–Crippen LogP) is 5.76. The Kier molecular flexibility index (Phi) is 5.38. The normalized spacial score (nSPS) is 17.5. The largest absolute Gasteiger partial charge is 0.507 e. The number of fused-ring (bicyclic) bond motifs is 1. The van der Waals surface area contributed by atoms with E-state index in [1.54, 1.807) is 42.6 Å². The van der Waals surface area contributed by atoms with Crippen molar-refractivity contribution < 1.29 is 19.4 Å². The second kappa shape index (κ2) is 8.39. The molecule has 1 aliphatic heterocycles. The molecule has 0 bridgehead atoms. The lowest BCUT2D eigenvalue weighted by Gasteiger charge is -2.25. The highest BCUT2D eigenvalue weighted by molar-refractivity contribution is 6.52. The summed E-state index contributed by atoms with van der Waals surface area (Å²) in [6.45, 7) is 1.82. The van der Waals surface area contributed by atoms with Crippen LogP contribution in [-0.4, -0.2) is 28.9 Å². The number of aliphatic hydroxyl groups is 1. The van der Waals surface area contributed by atoms with Crippen molar-refractivity contribution in [3.8, 4) is 5.75 Å². The predicted molar refractivity (Wildman–Crippen MR) is 132 cm³/mol. The van der Waals surface area contributed by atoms with Crippen molar-refractivity contribution >= 4 is 45.6 Å². The van der Waals surface area contributed by atoms with Crippen molar-refractivity contribution in [1.29, 1.82) is 0 Å². The number of carbonyl (C=O) groups excluding carboxylic acids is 2. The van der Waals surface area contributed by atoms with Gasteiger partial charge < -0.3 is 14.8 Å². The van der Waals surface area contributed by atoms with Gasteiger partial charge in [0.25, 0.3) is 11.7 Å². The number of Topliss-reactive ketones (excluding diaryl/α,β-unsaturated/α-hetero) is 1. The highest BCUT2D eigenvalue weighted by atomic mass is 35.5. The van der Waals surface area contributed by atoms with Crippen molar-refractivity contribution in [2.75, 3.05) is 12.0 Å². The van der Waals surface area contributed by atoms with Gasteiger partial charge in [-0.3, -0.25) is 14.5 Å². The Bertz CT molecular complexity index is 1470. The van der Waals surface area contributed by atoms with Gasteiger partial charge in [-0.25, -0.2) is 0 Å². The van der Waals surface area contributed by atoms with Gasteiger partial charge in [-0.05, 0) is 42.8 Å². The molecular weight excluding hydrogens is 452 g/mol. The molecule has 1 unspecified atom stereocenters. The van der Waals surface area contributed by atoms with Gasteiger partial charge in [0.2, 0.25) is 0 Å². The molecule has 1 amide bonds. The topological polar surface area (TPSA) is 82.6 Å². The van der Waals surface area contributed by atoms with E-state index in [1.807, 2.05) is 37.3 Å². The number of anilines is 1. The van der Waals surface area contributed by atoms with Crippen LogP contribution in [-0.2, 0) is 9.59 Å². The van der Waals surface area contributed by atoms with Crippen molar-refractivity contribution in [3.05, 3.63) is 100 Å². The minimum absolute atomic E-state index is 0.0291. The number of ether oxygens (including phenoxy) is 1. The van der Waals surface area contributed by atoms with E-state index >= 15 is 0 Å². The summed E-state index contributed by atoms with van der Waals surface area (Å²) < 4.78 is 5.44. The van der Waals surface area contributed by atoms with E-state index in [9.17, 15) is 14.7 Å². The van der Waals surface area contributed by atoms with E-state index in [4.69, 9.17) is 16.3 Å². The number of aromatic nitrogens is 1. The number of aromatic amines is 1. The van der Waals surface area contributed by atoms with Gasteiger partial charge in [-0.1, -0.05) is 48.0 Å². The number of amides is 1. The van der Waals surface area contributed by atoms with Crippen LogP contribution in [0.2, 0.25) is 5.02 Å². The number of nitrogens with one attached hydrogen (secondary N) is 1. The van der Waals surface area contributed by atoms with Crippen molar-refractivity contribution in [2.24, 2.45) is 0 Å². The van der Waals surface area contributed by atoms with E-state index in [1.165, 1.54) is 12.0 Å². The summed E-state index contributed by atoms with van der Waals surface area (Å²) in [6, 6.07) is 19.1. The number of aliphatic hydroxyl groups excluding tert-OH is 1. The lowest BCUT2D eigenvalue weighted by atomic mass is 9.94. The van der Waals surface area contributed by atoms with Gasteiger partial charge in [0, 0.05) is 28.4 Å². The van der Waals surface area contributed by atoms with Crippen LogP contribution >= 0.6 is 11.6 Å². The van der Waals surface area contributed by atoms with Gasteiger partial charge in [0.15, 0.2) is 0 Å². The third kappa shape index (κ3) is 3.35. The maximum Gasteiger partial charge on any atom is 0.300 e. The van der Waals surface area contributed by atoms with Crippen LogP contribution in [0.15, 0.2) is 78.5 Å². The van der Waals surface area contributed by atoms with Crippen molar-refractivity contribution in [3.63, 3.8) is 0 Å². The highest BCUT2D eigenvalue weighted by Gasteiger charge is 2.48. The lowest BCUT2D eigenvalue weighted by Crippen LogP contribution is -2.29. The summed E-state index contributed by atoms with van der Waals surface area (Å²) in [4.78, 5) is 31.4. The van der Waals surface area contributed by atoms with Gasteiger partial charge in [-0.15, -0.1) is 0 Å². The van der Waals surface area contributed by atoms with Gasteiger partial charge in [0.05, 0.1) is 29.3 Å². The molecule has 5 rings (SSSR count). The number of methoxy groups -OCH3 is 1. The monoisotopic (exact) mass is 472 g/mol. The first kappa shape index (κ1) is 21.8. The molecule has 6 nitrogen and oxygen atoms in total. The van der Waals surface area contributed by atoms with Crippen LogP contribution in [0.1, 0.15) is 22.7 Å². The molecule has 2 N–H and O–H groups in total. The number of ketones is 1. The zero-order chi connectivity index (χ0) is 24.0. The molecule has 0 aliphatic carbocycles. The lowest BCUT2D eigenvalue weighted by molar-refractivity contribution is -0.132. The fraction of sp³-hybridized carbons (Fsp3) is 0.111. The van der Waals surface area contributed by atoms with Crippen LogP contribution in [0, 0.1) is 6.92 Å². The summed E-state index contributed by atoms with van der Waals surface area (Å²) in [5.41, 5.74) is 3.09. The van der Waals surface area contributed by atoms with Crippen LogP contribution in [0.5, 0.6) is 5.75 Å². The zero-order valence-electron chi connectivity index (χ0n) is 18.5. The van der Waals surface area contributed by atoms with Crippen molar-refractivity contribution in [1.82, 2.24) is 4.98 Å². The molecular formula is C27H21ClN2O4. The number of carbonyl (C=O) groups is 2. The smallest absolute Gasteiger partial charge is 0.300 e. The number of rotatable bonds is 4. The Hall–Kier alpha value is -4.03. The molecule has 170 valence electrons. The van der Waals surface area contributed by atoms with Gasteiger partial charge >= 0.3 is 0 Å². The number of hydrogen-bond acceptors (Lipinski definition) is 4. The number of aryl methyl sites for hydroxylation is 1. The van der Waals surface area contributed by atoms with Crippen LogP contribution in [0.3, 0.4) is 0 Å². The number of H-pyrrole nitrogens is 1. The minimum Gasteiger partial charge on any atom is -0.507 e. The second-order valence-corrected chi connectivity index (χ2v) is 8.53. The molecule has 4 aromatic rings. The average Bonchev–Trinajstić information content (AvgIpc) is 3.37. The van der Waals surface area contributed by atoms with E-state index < -0.39 is 17.7 Å². The molecule has 3 aromatic carbocycles. The first-order valence-electron chi connectivity index (χ1n) is 10.7. The fourth-order valence-corrected chi connectivity index (χ4v) is 4.91. The summed E-state index contributed by atoms with van der Waals surface area (Å²) in [7, 11) is 1.44. The number of hydrogen-bond donors (Lipinski definition) is 2. The molecule has 7 heteroatoms. The molecule has 0 radical (unpaired) electrons. The molecule has 1 saturated heterocycles. The van der Waals surface area contributed by atoms with E-state index in [0.29, 0.717) is 16.3 Å². The van der Waals surface area contributed by atoms with E-state index in [0.717, 1.165) is 16.5 Å². The van der Waals surface area contributed by atoms with E-state index in [-0.39, 0.29) is 22.6 Å². The molecule has 0 spiro atoms. The zero-order valence-corrected chi connectivity index (χ0v) is 19.3. The van der Waals surface area contributed by atoms with Crippen LogP contribution < -0.4 is 9.64 Å². The average molecular weight is 473 g/mol. The summed E-state index contributed by atoms with van der Waals surface area (Å²) in [5, 5.41) is 12.6. The quantitative estimate of drug-likeness (QED) is 0.224. The van der Waals surface area contributed by atoms with Gasteiger partial charge in [0.1, 0.15) is 11.5 Å². The molecule has 1 fully saturated rings. The molecule has 0 saturated carbocycles. The Morgan fingerprint density at radius 2 is 1.76 bits per heavy atom. The molecule has 1 aromatic heterocycles. The summed E-state index contributed by atoms with van der Waals surface area (Å²) >= 11 is 6.36. The van der Waals surface area contributed by atoms with E-state index in [2.05, 4.69) is 4.98 Å². The first-order chi connectivity index (χ1) is 16.4. The number of benzene rings is 3. The minimum atomic E-state index is -0.859. The molecule has 2 heterocycles. The van der Waals surface area contributed by atoms with Crippen LogP contribution in [0.4, 0.5) is 5.69 Å². The Labute approximate surface area is 201 Å². The van der Waals surface area contributed by atoms with Gasteiger partial charge in [-0.2, -0.15) is 0 Å². The fourth-order valence-electron chi connectivity index (χ4n) is 4.56. The third-order valence-electron chi connectivity index (χ3n) is 6.04. The SMILES string of the molecule is COc1c(Cl)cc(C)cc1/C(O)=C1\C(=O)C(=O)N(c2ccccc2)C1c1c[nH]c2ccccc12. The maximum absolute atomic E-state index is 13.4. The summed E-state index contributed by atoms with van der Waals surface area (Å²) in [5.74, 6) is -1.61. The van der Waals surface area contributed by atoms with Crippen molar-refractivity contribution in [2.45, 2.75) is 13.0 Å². The van der Waals surface area contributed by atoms with Crippen LogP contribution in [0.25, 0.3) is 16.7 Å². The maximum atomic E-state index is 13.4. The Morgan fingerprint density at radius 1 is 1.06 bits per heavy atom. The highest BCUT2D eigenvalue weighted by Crippen LogP contribution is 2.46. The summed E-state index contributed by atoms with van der Waals surface area (Å²) in [6.07, 6.45) is 1.77. The number of nitrogens with zero attached hydrogens (tertiary/aromatic N) is 1. The molecule has 1 atom stereocenters. The Morgan fingerprint density at radius 3 is 2.50 bits per heavy atom. The first-order valence-corrected chi connectivity index (χ1v) is 11.1. The number of para-hydroxylation sites is 2. The second-order valence-electron chi connectivity index (χ2n) is 8.12. The standard InChI is InChI=1S/C27H21ClN2O4/c1-15-12-18(26(34-2)20(28)13-15)24(31)22-23(19-14-29-21-11-7-6-10-17(19)21)30(27(33)25(22)32)16-8-4-3-5-9-16/h3-14,23,29,31H,1-2H3/b24-22+.